The third-order valence-electron chi connectivity index (χ3n) is 5.78. The molecule has 0 aliphatic carbocycles. The van der Waals surface area contributed by atoms with Crippen molar-refractivity contribution in [3.8, 4) is 11.1 Å². The lowest BCUT2D eigenvalue weighted by atomic mass is 10.1. The number of amides is 1. The summed E-state index contributed by atoms with van der Waals surface area (Å²) in [6.07, 6.45) is 1.84. The Kier molecular flexibility index (Phi) is 5.81. The summed E-state index contributed by atoms with van der Waals surface area (Å²) in [5.74, 6) is -0.179. The average Bonchev–Trinajstić information content (AvgIpc) is 3.17. The van der Waals surface area contributed by atoms with E-state index in [4.69, 9.17) is 0 Å². The number of aromatic nitrogens is 3. The normalized spacial score (nSPS) is 11.1. The van der Waals surface area contributed by atoms with Crippen LogP contribution in [0.2, 0.25) is 0 Å². The van der Waals surface area contributed by atoms with E-state index >= 15 is 0 Å². The van der Waals surface area contributed by atoms with Gasteiger partial charge in [-0.2, -0.15) is 0 Å². The molecule has 0 spiro atoms. The lowest BCUT2D eigenvalue weighted by Crippen LogP contribution is -2.42. The molecule has 0 saturated heterocycles. The van der Waals surface area contributed by atoms with Crippen molar-refractivity contribution < 1.29 is 4.79 Å². The van der Waals surface area contributed by atoms with Crippen molar-refractivity contribution >= 4 is 16.9 Å². The van der Waals surface area contributed by atoms with Crippen molar-refractivity contribution in [3.63, 3.8) is 0 Å². The van der Waals surface area contributed by atoms with Crippen molar-refractivity contribution in [2.75, 3.05) is 6.54 Å². The minimum Gasteiger partial charge on any atom is -0.344 e. The second-order valence-electron chi connectivity index (χ2n) is 7.84. The van der Waals surface area contributed by atoms with Crippen LogP contribution in [0, 0.1) is 0 Å². The van der Waals surface area contributed by atoms with Crippen LogP contribution in [-0.2, 0) is 32.0 Å². The molecule has 0 radical (unpaired) electrons. The van der Waals surface area contributed by atoms with E-state index in [1.54, 1.807) is 16.5 Å². The van der Waals surface area contributed by atoms with Crippen molar-refractivity contribution in [1.29, 1.82) is 0 Å². The van der Waals surface area contributed by atoms with Crippen LogP contribution >= 0.6 is 0 Å². The summed E-state index contributed by atoms with van der Waals surface area (Å²) in [5.41, 5.74) is 2.64. The molecule has 0 atom stereocenters. The standard InChI is InChI=1S/C25H26N4O3/c1-4-28(15-18-11-7-5-8-12-18)21(30)17-29-22-20(19-13-9-6-10-14-19)16-26(2)23(22)24(31)27(3)25(29)32/h5-14,16H,4,15,17H2,1-3H3. The smallest absolute Gasteiger partial charge is 0.331 e. The number of benzene rings is 2. The number of carbonyl (C=O) groups excluding carboxylic acids is 1. The molecule has 2 aromatic carbocycles. The molecular formula is C25H26N4O3. The fraction of sp³-hybridized carbons (Fsp3) is 0.240. The zero-order valence-electron chi connectivity index (χ0n) is 18.5. The summed E-state index contributed by atoms with van der Waals surface area (Å²) in [4.78, 5) is 41.0. The summed E-state index contributed by atoms with van der Waals surface area (Å²) >= 11 is 0. The number of likely N-dealkylation sites (N-methyl/N-ethyl adjacent to an activating group) is 1. The van der Waals surface area contributed by atoms with E-state index in [9.17, 15) is 14.4 Å². The van der Waals surface area contributed by atoms with Crippen LogP contribution in [0.3, 0.4) is 0 Å². The van der Waals surface area contributed by atoms with Crippen LogP contribution in [0.25, 0.3) is 22.2 Å². The van der Waals surface area contributed by atoms with Gasteiger partial charge in [0.25, 0.3) is 5.56 Å². The van der Waals surface area contributed by atoms with E-state index in [0.717, 1.165) is 21.3 Å². The number of aryl methyl sites for hydroxylation is 1. The maximum Gasteiger partial charge on any atom is 0.331 e. The Hall–Kier alpha value is -3.87. The van der Waals surface area contributed by atoms with Gasteiger partial charge in [0, 0.05) is 38.9 Å². The predicted molar refractivity (Wildman–Crippen MR) is 125 cm³/mol. The van der Waals surface area contributed by atoms with Gasteiger partial charge < -0.3 is 9.47 Å². The lowest BCUT2D eigenvalue weighted by Gasteiger charge is -2.22. The maximum atomic E-state index is 13.3. The van der Waals surface area contributed by atoms with E-state index in [2.05, 4.69) is 0 Å². The molecule has 0 aliphatic rings. The Labute approximate surface area is 185 Å². The SMILES string of the molecule is CCN(Cc1ccccc1)C(=O)Cn1c(=O)n(C)c(=O)c2c1c(-c1ccccc1)cn2C. The Bertz CT molecular complexity index is 1380. The highest BCUT2D eigenvalue weighted by Gasteiger charge is 2.22. The highest BCUT2D eigenvalue weighted by molar-refractivity contribution is 5.93. The topological polar surface area (TPSA) is 69.2 Å². The molecule has 0 saturated carbocycles. The Morgan fingerprint density at radius 3 is 2.16 bits per heavy atom. The molecule has 2 aromatic heterocycles. The maximum absolute atomic E-state index is 13.3. The Balaban J connectivity index is 1.84. The first-order valence-electron chi connectivity index (χ1n) is 10.6. The second kappa shape index (κ2) is 8.70. The largest absolute Gasteiger partial charge is 0.344 e. The molecule has 7 heteroatoms. The summed E-state index contributed by atoms with van der Waals surface area (Å²) < 4.78 is 4.22. The van der Waals surface area contributed by atoms with E-state index in [0.29, 0.717) is 24.1 Å². The lowest BCUT2D eigenvalue weighted by molar-refractivity contribution is -0.132. The molecular weight excluding hydrogens is 404 g/mol. The van der Waals surface area contributed by atoms with Gasteiger partial charge in [-0.1, -0.05) is 60.7 Å². The summed E-state index contributed by atoms with van der Waals surface area (Å²) in [7, 11) is 3.22. The molecule has 0 aliphatic heterocycles. The number of hydrogen-bond donors (Lipinski definition) is 0. The van der Waals surface area contributed by atoms with Crippen LogP contribution in [0.4, 0.5) is 0 Å². The summed E-state index contributed by atoms with van der Waals surface area (Å²) in [6, 6.07) is 19.3. The predicted octanol–water partition coefficient (Wildman–Crippen LogP) is 2.75. The molecule has 0 unspecified atom stereocenters. The van der Waals surface area contributed by atoms with E-state index in [1.807, 2.05) is 73.8 Å². The highest BCUT2D eigenvalue weighted by Crippen LogP contribution is 2.28. The third-order valence-corrected chi connectivity index (χ3v) is 5.78. The van der Waals surface area contributed by atoms with E-state index in [1.165, 1.54) is 11.6 Å². The average molecular weight is 431 g/mol. The molecule has 0 fully saturated rings. The van der Waals surface area contributed by atoms with Crippen LogP contribution in [0.15, 0.2) is 76.4 Å². The van der Waals surface area contributed by atoms with Gasteiger partial charge in [-0.05, 0) is 18.1 Å². The minimum atomic E-state index is -0.505. The van der Waals surface area contributed by atoms with Crippen LogP contribution in [0.1, 0.15) is 12.5 Å². The van der Waals surface area contributed by atoms with Crippen molar-refractivity contribution in [2.45, 2.75) is 20.0 Å². The minimum absolute atomic E-state index is 0.145. The first-order valence-corrected chi connectivity index (χ1v) is 10.6. The van der Waals surface area contributed by atoms with Crippen LogP contribution in [0.5, 0.6) is 0 Å². The Morgan fingerprint density at radius 1 is 0.906 bits per heavy atom. The quantitative estimate of drug-likeness (QED) is 0.472. The Morgan fingerprint density at radius 2 is 1.53 bits per heavy atom. The molecule has 4 aromatic rings. The van der Waals surface area contributed by atoms with Gasteiger partial charge in [-0.15, -0.1) is 0 Å². The van der Waals surface area contributed by atoms with Crippen LogP contribution < -0.4 is 11.2 Å². The van der Waals surface area contributed by atoms with Crippen LogP contribution in [-0.4, -0.2) is 31.1 Å². The van der Waals surface area contributed by atoms with Gasteiger partial charge >= 0.3 is 5.69 Å². The zero-order chi connectivity index (χ0) is 22.8. The first kappa shape index (κ1) is 21.4. The van der Waals surface area contributed by atoms with E-state index < -0.39 is 5.69 Å². The van der Waals surface area contributed by atoms with Gasteiger partial charge in [-0.25, -0.2) is 4.79 Å². The zero-order valence-corrected chi connectivity index (χ0v) is 18.5. The van der Waals surface area contributed by atoms with Gasteiger partial charge in [-0.3, -0.25) is 18.7 Å². The summed E-state index contributed by atoms with van der Waals surface area (Å²) in [5, 5.41) is 0. The highest BCUT2D eigenvalue weighted by atomic mass is 16.2. The van der Waals surface area contributed by atoms with Gasteiger partial charge in [0.1, 0.15) is 12.1 Å². The molecule has 0 N–H and O–H groups in total. The number of carbonyl (C=O) groups is 1. The molecule has 0 bridgehead atoms. The van der Waals surface area contributed by atoms with Crippen molar-refractivity contribution in [1.82, 2.24) is 18.6 Å². The molecule has 7 nitrogen and oxygen atoms in total. The van der Waals surface area contributed by atoms with Gasteiger partial charge in [0.05, 0.1) is 5.52 Å². The van der Waals surface area contributed by atoms with Gasteiger partial charge in [0.15, 0.2) is 0 Å². The number of rotatable bonds is 6. The number of fused-ring (bicyclic) bond motifs is 1. The van der Waals surface area contributed by atoms with E-state index in [-0.39, 0.29) is 18.0 Å². The monoisotopic (exact) mass is 430 g/mol. The molecule has 2 heterocycles. The fourth-order valence-electron chi connectivity index (χ4n) is 4.05. The fourth-order valence-corrected chi connectivity index (χ4v) is 4.05. The molecule has 1 amide bonds. The third kappa shape index (κ3) is 3.77. The second-order valence-corrected chi connectivity index (χ2v) is 7.84. The molecule has 32 heavy (non-hydrogen) atoms. The first-order chi connectivity index (χ1) is 15.4. The summed E-state index contributed by atoms with van der Waals surface area (Å²) in [6.45, 7) is 2.74. The number of hydrogen-bond acceptors (Lipinski definition) is 3. The van der Waals surface area contributed by atoms with Crippen molar-refractivity contribution in [3.05, 3.63) is 93.3 Å². The number of nitrogens with zero attached hydrogens (tertiary/aromatic N) is 4. The van der Waals surface area contributed by atoms with Crippen molar-refractivity contribution in [2.24, 2.45) is 14.1 Å². The molecule has 164 valence electrons. The van der Waals surface area contributed by atoms with Gasteiger partial charge in [0.2, 0.25) is 5.91 Å². The molecule has 4 rings (SSSR count).